The predicted molar refractivity (Wildman–Crippen MR) is 78.0 cm³/mol. The smallest absolute Gasteiger partial charge is 0.337 e. The number of hydrogen-bond acceptors (Lipinski definition) is 4. The number of anilines is 1. The molecule has 104 valence electrons. The Kier molecular flexibility index (Phi) is 4.25. The molecule has 4 heteroatoms. The highest BCUT2D eigenvalue weighted by atomic mass is 16.5. The third-order valence-electron chi connectivity index (χ3n) is 3.08. The molecule has 20 heavy (non-hydrogen) atoms. The van der Waals surface area contributed by atoms with Gasteiger partial charge >= 0.3 is 5.97 Å². The monoisotopic (exact) mass is 271 g/mol. The van der Waals surface area contributed by atoms with E-state index in [4.69, 9.17) is 4.74 Å². The Labute approximate surface area is 118 Å². The number of aromatic hydroxyl groups is 1. The van der Waals surface area contributed by atoms with Crippen LogP contribution in [0.25, 0.3) is 0 Å². The fourth-order valence-corrected chi connectivity index (χ4v) is 1.87. The Morgan fingerprint density at radius 1 is 1.20 bits per heavy atom. The van der Waals surface area contributed by atoms with E-state index >= 15 is 0 Å². The van der Waals surface area contributed by atoms with E-state index in [1.807, 2.05) is 25.1 Å². The molecule has 0 bridgehead atoms. The maximum Gasteiger partial charge on any atom is 0.337 e. The first kappa shape index (κ1) is 13.9. The predicted octanol–water partition coefficient (Wildman–Crippen LogP) is 3.10. The van der Waals surface area contributed by atoms with Gasteiger partial charge in [-0.2, -0.15) is 0 Å². The van der Waals surface area contributed by atoms with E-state index in [-0.39, 0.29) is 11.7 Å². The molecule has 0 heterocycles. The third-order valence-corrected chi connectivity index (χ3v) is 3.08. The molecule has 0 aliphatic carbocycles. The topological polar surface area (TPSA) is 58.6 Å². The van der Waals surface area contributed by atoms with Crippen molar-refractivity contribution in [3.63, 3.8) is 0 Å². The molecule has 0 aliphatic rings. The van der Waals surface area contributed by atoms with Crippen LogP contribution in [0.15, 0.2) is 42.5 Å². The van der Waals surface area contributed by atoms with Gasteiger partial charge in [0, 0.05) is 12.2 Å². The number of carbonyl (C=O) groups excluding carboxylic acids is 1. The van der Waals surface area contributed by atoms with Crippen molar-refractivity contribution in [3.05, 3.63) is 59.2 Å². The quantitative estimate of drug-likeness (QED) is 0.839. The summed E-state index contributed by atoms with van der Waals surface area (Å²) in [5, 5.41) is 12.5. The highest BCUT2D eigenvalue weighted by molar-refractivity contribution is 5.90. The van der Waals surface area contributed by atoms with Crippen LogP contribution in [0, 0.1) is 6.92 Å². The molecule has 0 atom stereocenters. The zero-order chi connectivity index (χ0) is 14.5. The summed E-state index contributed by atoms with van der Waals surface area (Å²) in [6.07, 6.45) is 0. The molecule has 2 N–H and O–H groups in total. The SMILES string of the molecule is COC(=O)c1ccc(C)c(NCc2ccc(O)cc2)c1. The number of nitrogens with one attached hydrogen (secondary N) is 1. The first-order valence-electron chi connectivity index (χ1n) is 6.31. The van der Waals surface area contributed by atoms with E-state index < -0.39 is 0 Å². The average molecular weight is 271 g/mol. The first-order valence-corrected chi connectivity index (χ1v) is 6.31. The number of phenolic OH excluding ortho intramolecular Hbond substituents is 1. The van der Waals surface area contributed by atoms with Crippen LogP contribution in [0.1, 0.15) is 21.5 Å². The van der Waals surface area contributed by atoms with E-state index in [0.717, 1.165) is 16.8 Å². The minimum Gasteiger partial charge on any atom is -0.508 e. The molecule has 0 radical (unpaired) electrons. The molecule has 0 amide bonds. The van der Waals surface area contributed by atoms with Crippen LogP contribution in [0.3, 0.4) is 0 Å². The summed E-state index contributed by atoms with van der Waals surface area (Å²) in [7, 11) is 1.37. The molecule has 0 saturated heterocycles. The van der Waals surface area contributed by atoms with Crippen LogP contribution < -0.4 is 5.32 Å². The van der Waals surface area contributed by atoms with Gasteiger partial charge < -0.3 is 15.2 Å². The number of ether oxygens (including phenoxy) is 1. The van der Waals surface area contributed by atoms with Gasteiger partial charge in [0.2, 0.25) is 0 Å². The molecule has 2 aromatic rings. The Hall–Kier alpha value is -2.49. The van der Waals surface area contributed by atoms with Gasteiger partial charge in [-0.05, 0) is 42.3 Å². The van der Waals surface area contributed by atoms with Crippen LogP contribution in [0.5, 0.6) is 5.75 Å². The van der Waals surface area contributed by atoms with Gasteiger partial charge in [-0.1, -0.05) is 18.2 Å². The second kappa shape index (κ2) is 6.10. The van der Waals surface area contributed by atoms with Gasteiger partial charge in [-0.15, -0.1) is 0 Å². The molecular weight excluding hydrogens is 254 g/mol. The number of esters is 1. The van der Waals surface area contributed by atoms with Gasteiger partial charge in [0.15, 0.2) is 0 Å². The fraction of sp³-hybridized carbons (Fsp3) is 0.188. The van der Waals surface area contributed by atoms with Crippen molar-refractivity contribution in [3.8, 4) is 5.75 Å². The van der Waals surface area contributed by atoms with E-state index in [1.54, 1.807) is 24.3 Å². The second-order valence-corrected chi connectivity index (χ2v) is 4.54. The molecule has 0 unspecified atom stereocenters. The normalized spacial score (nSPS) is 10.1. The van der Waals surface area contributed by atoms with Crippen molar-refractivity contribution in [1.29, 1.82) is 0 Å². The summed E-state index contributed by atoms with van der Waals surface area (Å²) in [4.78, 5) is 11.5. The van der Waals surface area contributed by atoms with Crippen molar-refractivity contribution < 1.29 is 14.6 Å². The number of aryl methyl sites for hydroxylation is 1. The zero-order valence-corrected chi connectivity index (χ0v) is 11.5. The van der Waals surface area contributed by atoms with Crippen molar-refractivity contribution in [2.75, 3.05) is 12.4 Å². The number of rotatable bonds is 4. The van der Waals surface area contributed by atoms with Crippen LogP contribution in [-0.4, -0.2) is 18.2 Å². The summed E-state index contributed by atoms with van der Waals surface area (Å²) in [6, 6.07) is 12.4. The lowest BCUT2D eigenvalue weighted by molar-refractivity contribution is 0.0601. The van der Waals surface area contributed by atoms with E-state index in [0.29, 0.717) is 12.1 Å². The van der Waals surface area contributed by atoms with Crippen molar-refractivity contribution in [2.24, 2.45) is 0 Å². The van der Waals surface area contributed by atoms with Crippen LogP contribution >= 0.6 is 0 Å². The molecule has 0 fully saturated rings. The summed E-state index contributed by atoms with van der Waals surface area (Å²) < 4.78 is 4.71. The number of phenols is 1. The lowest BCUT2D eigenvalue weighted by atomic mass is 10.1. The molecule has 0 spiro atoms. The summed E-state index contributed by atoms with van der Waals surface area (Å²) in [5.74, 6) is -0.102. The van der Waals surface area contributed by atoms with E-state index in [1.165, 1.54) is 7.11 Å². The highest BCUT2D eigenvalue weighted by Gasteiger charge is 2.07. The maximum absolute atomic E-state index is 11.5. The molecule has 0 aromatic heterocycles. The van der Waals surface area contributed by atoms with Gasteiger partial charge in [0.25, 0.3) is 0 Å². The Morgan fingerprint density at radius 2 is 1.90 bits per heavy atom. The number of carbonyl (C=O) groups is 1. The van der Waals surface area contributed by atoms with Crippen molar-refractivity contribution in [1.82, 2.24) is 0 Å². The van der Waals surface area contributed by atoms with Gasteiger partial charge in [-0.25, -0.2) is 4.79 Å². The summed E-state index contributed by atoms with van der Waals surface area (Å²) >= 11 is 0. The Morgan fingerprint density at radius 3 is 2.55 bits per heavy atom. The van der Waals surface area contributed by atoms with Gasteiger partial charge in [0.1, 0.15) is 5.75 Å². The van der Waals surface area contributed by atoms with E-state index in [9.17, 15) is 9.90 Å². The molecule has 2 aromatic carbocycles. The third kappa shape index (κ3) is 3.29. The minimum atomic E-state index is -0.349. The highest BCUT2D eigenvalue weighted by Crippen LogP contribution is 2.19. The number of hydrogen-bond donors (Lipinski definition) is 2. The largest absolute Gasteiger partial charge is 0.508 e. The molecule has 2 rings (SSSR count). The average Bonchev–Trinajstić information content (AvgIpc) is 2.47. The fourth-order valence-electron chi connectivity index (χ4n) is 1.87. The standard InChI is InChI=1S/C16H17NO3/c1-11-3-6-13(16(19)20-2)9-15(11)17-10-12-4-7-14(18)8-5-12/h3-9,17-18H,10H2,1-2H3. The van der Waals surface area contributed by atoms with Crippen molar-refractivity contribution in [2.45, 2.75) is 13.5 Å². The number of benzene rings is 2. The molecular formula is C16H17NO3. The first-order chi connectivity index (χ1) is 9.60. The lowest BCUT2D eigenvalue weighted by Crippen LogP contribution is -2.05. The zero-order valence-electron chi connectivity index (χ0n) is 11.5. The van der Waals surface area contributed by atoms with Gasteiger partial charge in [0.05, 0.1) is 12.7 Å². The minimum absolute atomic E-state index is 0.248. The maximum atomic E-state index is 11.5. The molecule has 4 nitrogen and oxygen atoms in total. The summed E-state index contributed by atoms with van der Waals surface area (Å²) in [5.41, 5.74) is 3.51. The van der Waals surface area contributed by atoms with Crippen molar-refractivity contribution >= 4 is 11.7 Å². The lowest BCUT2D eigenvalue weighted by Gasteiger charge is -2.11. The number of methoxy groups -OCH3 is 1. The Balaban J connectivity index is 2.12. The van der Waals surface area contributed by atoms with Crippen LogP contribution in [0.4, 0.5) is 5.69 Å². The van der Waals surface area contributed by atoms with E-state index in [2.05, 4.69) is 5.32 Å². The summed E-state index contributed by atoms with van der Waals surface area (Å²) in [6.45, 7) is 2.59. The second-order valence-electron chi connectivity index (χ2n) is 4.54. The molecule has 0 saturated carbocycles. The van der Waals surface area contributed by atoms with Crippen LogP contribution in [0.2, 0.25) is 0 Å². The Bertz CT molecular complexity index is 606. The van der Waals surface area contributed by atoms with Crippen LogP contribution in [-0.2, 0) is 11.3 Å². The molecule has 0 aliphatic heterocycles. The van der Waals surface area contributed by atoms with Gasteiger partial charge in [-0.3, -0.25) is 0 Å².